The number of carboxylic acid groups (broad SMARTS) is 1. The molecule has 1 aliphatic carbocycles. The van der Waals surface area contributed by atoms with E-state index < -0.39 is 5.97 Å². The summed E-state index contributed by atoms with van der Waals surface area (Å²) in [6.45, 7) is 9.48. The monoisotopic (exact) mass is 441 g/mol. The van der Waals surface area contributed by atoms with Gasteiger partial charge in [0.25, 0.3) is 0 Å². The van der Waals surface area contributed by atoms with Crippen LogP contribution in [-0.2, 0) is 12.0 Å². The molecule has 0 saturated carbocycles. The Labute approximate surface area is 195 Å². The molecule has 0 atom stereocenters. The number of nitrogens with one attached hydrogen (secondary N) is 1. The molecule has 0 bridgehead atoms. The maximum Gasteiger partial charge on any atom is 0.335 e. The molecule has 0 radical (unpaired) electrons. The molecule has 3 aromatic carbocycles. The highest BCUT2D eigenvalue weighted by molar-refractivity contribution is 5.88. The average Bonchev–Trinajstić information content (AvgIpc) is 2.78. The van der Waals surface area contributed by atoms with E-state index in [1.807, 2.05) is 18.2 Å². The van der Waals surface area contributed by atoms with Gasteiger partial charge in [-0.1, -0.05) is 64.1 Å². The van der Waals surface area contributed by atoms with E-state index in [9.17, 15) is 9.90 Å². The van der Waals surface area contributed by atoms with Gasteiger partial charge >= 0.3 is 5.97 Å². The van der Waals surface area contributed by atoms with E-state index in [1.54, 1.807) is 24.3 Å². The number of allylic oxidation sites excluding steroid dienone is 2. The maximum atomic E-state index is 11.2. The lowest BCUT2D eigenvalue weighted by Gasteiger charge is -2.34. The molecule has 0 saturated heterocycles. The third kappa shape index (κ3) is 4.95. The first kappa shape index (κ1) is 22.7. The molecular weight excluding hydrogens is 410 g/mol. The maximum absolute atomic E-state index is 11.2. The van der Waals surface area contributed by atoms with Crippen molar-refractivity contribution in [2.75, 3.05) is 5.32 Å². The van der Waals surface area contributed by atoms with E-state index in [0.717, 1.165) is 29.1 Å². The molecule has 0 aromatic heterocycles. The lowest BCUT2D eigenvalue weighted by molar-refractivity contribution is 0.0697. The fourth-order valence-corrected chi connectivity index (χ4v) is 4.31. The Morgan fingerprint density at radius 3 is 2.39 bits per heavy atom. The van der Waals surface area contributed by atoms with Crippen molar-refractivity contribution in [3.8, 4) is 5.75 Å². The molecule has 4 rings (SSSR count). The Hall–Kier alpha value is -3.53. The normalized spacial score (nSPS) is 14.4. The zero-order chi connectivity index (χ0) is 23.6. The largest absolute Gasteiger partial charge is 0.487 e. The first-order valence-electron chi connectivity index (χ1n) is 11.4. The van der Waals surface area contributed by atoms with Crippen molar-refractivity contribution in [2.45, 2.75) is 46.1 Å². The van der Waals surface area contributed by atoms with Crippen LogP contribution in [0.3, 0.4) is 0 Å². The topological polar surface area (TPSA) is 58.6 Å². The molecule has 4 heteroatoms. The van der Waals surface area contributed by atoms with Crippen molar-refractivity contribution in [2.24, 2.45) is 5.92 Å². The lowest BCUT2D eigenvalue weighted by Crippen LogP contribution is -2.23. The molecular formula is C29H31NO3. The molecule has 0 heterocycles. The first-order chi connectivity index (χ1) is 15.7. The fourth-order valence-electron chi connectivity index (χ4n) is 4.31. The van der Waals surface area contributed by atoms with Gasteiger partial charge in [-0.05, 0) is 76.4 Å². The van der Waals surface area contributed by atoms with Crippen molar-refractivity contribution in [1.82, 2.24) is 0 Å². The van der Waals surface area contributed by atoms with E-state index >= 15 is 0 Å². The summed E-state index contributed by atoms with van der Waals surface area (Å²) < 4.78 is 6.34. The highest BCUT2D eigenvalue weighted by Gasteiger charge is 2.30. The number of carboxylic acids is 1. The Kier molecular flexibility index (Phi) is 6.28. The van der Waals surface area contributed by atoms with Crippen LogP contribution in [0.15, 0.2) is 72.8 Å². The van der Waals surface area contributed by atoms with Gasteiger partial charge in [0.15, 0.2) is 0 Å². The molecule has 0 unspecified atom stereocenters. The fraction of sp³-hybridized carbons (Fsp3) is 0.276. The minimum absolute atomic E-state index is 0.0141. The zero-order valence-electron chi connectivity index (χ0n) is 19.7. The average molecular weight is 442 g/mol. The Balaban J connectivity index is 1.75. The van der Waals surface area contributed by atoms with Crippen LogP contribution in [-0.4, -0.2) is 11.1 Å². The zero-order valence-corrected chi connectivity index (χ0v) is 19.7. The minimum atomic E-state index is -0.934. The highest BCUT2D eigenvalue weighted by atomic mass is 16.5. The number of aromatic carboxylic acids is 1. The summed E-state index contributed by atoms with van der Waals surface area (Å²) >= 11 is 0. The number of hydrogen-bond acceptors (Lipinski definition) is 3. The molecule has 170 valence electrons. The van der Waals surface area contributed by atoms with Gasteiger partial charge in [0.2, 0.25) is 0 Å². The van der Waals surface area contributed by atoms with Crippen LogP contribution >= 0.6 is 0 Å². The van der Waals surface area contributed by atoms with Gasteiger partial charge in [0.1, 0.15) is 12.4 Å². The second-order valence-corrected chi connectivity index (χ2v) is 9.58. The standard InChI is InChI=1S/C29H31NO3/c1-19(2)23-14-15-29(3,4)25-17-27(33-18-20-8-6-5-7-9-20)26(16-24(23)25)30-22-12-10-21(11-13-22)28(31)32/h5-14,16-17,19,30H,15,18H2,1-4H3,(H,31,32). The molecule has 0 amide bonds. The van der Waals surface area contributed by atoms with Gasteiger partial charge < -0.3 is 15.2 Å². The SMILES string of the molecule is CC(C)C1=CCC(C)(C)c2cc(OCc3ccccc3)c(Nc3ccc(C(=O)O)cc3)cc21. The molecule has 0 aliphatic heterocycles. The van der Waals surface area contributed by atoms with Crippen LogP contribution in [0.25, 0.3) is 5.57 Å². The number of benzene rings is 3. The van der Waals surface area contributed by atoms with Crippen molar-refractivity contribution >= 4 is 22.9 Å². The van der Waals surface area contributed by atoms with E-state index in [0.29, 0.717) is 12.5 Å². The van der Waals surface area contributed by atoms with E-state index in [1.165, 1.54) is 16.7 Å². The van der Waals surface area contributed by atoms with Crippen LogP contribution in [0.4, 0.5) is 11.4 Å². The van der Waals surface area contributed by atoms with Crippen LogP contribution in [0.5, 0.6) is 5.75 Å². The van der Waals surface area contributed by atoms with Crippen molar-refractivity contribution in [1.29, 1.82) is 0 Å². The predicted molar refractivity (Wildman–Crippen MR) is 134 cm³/mol. The second kappa shape index (κ2) is 9.14. The third-order valence-electron chi connectivity index (χ3n) is 6.26. The molecule has 2 N–H and O–H groups in total. The smallest absolute Gasteiger partial charge is 0.335 e. The highest BCUT2D eigenvalue weighted by Crippen LogP contribution is 2.46. The first-order valence-corrected chi connectivity index (χ1v) is 11.4. The minimum Gasteiger partial charge on any atom is -0.487 e. The van der Waals surface area contributed by atoms with Gasteiger partial charge in [-0.25, -0.2) is 4.79 Å². The Morgan fingerprint density at radius 1 is 1.06 bits per heavy atom. The summed E-state index contributed by atoms with van der Waals surface area (Å²) in [5.41, 5.74) is 6.96. The summed E-state index contributed by atoms with van der Waals surface area (Å²) in [7, 11) is 0. The molecule has 33 heavy (non-hydrogen) atoms. The number of anilines is 2. The van der Waals surface area contributed by atoms with Gasteiger partial charge in [-0.2, -0.15) is 0 Å². The Morgan fingerprint density at radius 2 is 1.76 bits per heavy atom. The van der Waals surface area contributed by atoms with Crippen LogP contribution < -0.4 is 10.1 Å². The number of carbonyl (C=O) groups is 1. The van der Waals surface area contributed by atoms with E-state index in [-0.39, 0.29) is 11.0 Å². The molecule has 4 nitrogen and oxygen atoms in total. The summed E-state index contributed by atoms with van der Waals surface area (Å²) in [5, 5.41) is 12.7. The number of fused-ring (bicyclic) bond motifs is 1. The summed E-state index contributed by atoms with van der Waals surface area (Å²) in [5.74, 6) is 0.271. The summed E-state index contributed by atoms with van der Waals surface area (Å²) in [6.07, 6.45) is 3.36. The second-order valence-electron chi connectivity index (χ2n) is 9.58. The summed E-state index contributed by atoms with van der Waals surface area (Å²) in [6, 6.07) is 21.3. The number of hydrogen-bond donors (Lipinski definition) is 2. The number of rotatable bonds is 7. The van der Waals surface area contributed by atoms with Crippen LogP contribution in [0, 0.1) is 5.92 Å². The van der Waals surface area contributed by atoms with Crippen LogP contribution in [0.2, 0.25) is 0 Å². The van der Waals surface area contributed by atoms with Gasteiger partial charge in [0, 0.05) is 5.69 Å². The molecule has 1 aliphatic rings. The van der Waals surface area contributed by atoms with E-state index in [2.05, 4.69) is 63.4 Å². The predicted octanol–water partition coefficient (Wildman–Crippen LogP) is 7.43. The molecule has 3 aromatic rings. The lowest BCUT2D eigenvalue weighted by atomic mass is 9.71. The number of ether oxygens (including phenoxy) is 1. The van der Waals surface area contributed by atoms with Gasteiger partial charge in [-0.3, -0.25) is 0 Å². The third-order valence-corrected chi connectivity index (χ3v) is 6.26. The summed E-state index contributed by atoms with van der Waals surface area (Å²) in [4.78, 5) is 11.2. The van der Waals surface area contributed by atoms with Crippen LogP contribution in [0.1, 0.15) is 61.2 Å². The van der Waals surface area contributed by atoms with Crippen molar-refractivity contribution in [3.63, 3.8) is 0 Å². The Bertz CT molecular complexity index is 1180. The quantitative estimate of drug-likeness (QED) is 0.400. The van der Waals surface area contributed by atoms with Gasteiger partial charge in [-0.15, -0.1) is 0 Å². The molecule has 0 spiro atoms. The van der Waals surface area contributed by atoms with Crippen molar-refractivity contribution in [3.05, 3.63) is 95.1 Å². The van der Waals surface area contributed by atoms with Gasteiger partial charge in [0.05, 0.1) is 11.3 Å². The molecule has 0 fully saturated rings. The van der Waals surface area contributed by atoms with E-state index in [4.69, 9.17) is 4.74 Å². The van der Waals surface area contributed by atoms with Crippen molar-refractivity contribution < 1.29 is 14.6 Å².